The van der Waals surface area contributed by atoms with E-state index in [0.29, 0.717) is 5.56 Å². The molecule has 0 bridgehead atoms. The van der Waals surface area contributed by atoms with Crippen LogP contribution in [0.15, 0.2) is 24.3 Å². The van der Waals surface area contributed by atoms with Gasteiger partial charge in [0.05, 0.1) is 0 Å². The van der Waals surface area contributed by atoms with Gasteiger partial charge in [-0.3, -0.25) is 9.59 Å². The Morgan fingerprint density at radius 2 is 2.12 bits per heavy atom. The Labute approximate surface area is 113 Å². The van der Waals surface area contributed by atoms with Crippen LogP contribution in [-0.4, -0.2) is 23.7 Å². The first-order valence-corrected chi connectivity index (χ1v) is 6.07. The highest BCUT2D eigenvalue weighted by atomic mass is 127. The van der Waals surface area contributed by atoms with Gasteiger partial charge < -0.3 is 9.84 Å². The quantitative estimate of drug-likeness (QED) is 0.669. The molecular weight excluding hydrogens is 335 g/mol. The van der Waals surface area contributed by atoms with Gasteiger partial charge in [-0.2, -0.15) is 0 Å². The van der Waals surface area contributed by atoms with Crippen molar-refractivity contribution in [1.29, 1.82) is 0 Å². The Kier molecular flexibility index (Phi) is 4.50. The third-order valence-corrected chi connectivity index (χ3v) is 3.17. The molecule has 5 heteroatoms. The summed E-state index contributed by atoms with van der Waals surface area (Å²) in [5.74, 6) is -1.50. The average molecular weight is 348 g/mol. The molecular formula is C12H13IO4. The van der Waals surface area contributed by atoms with E-state index in [2.05, 4.69) is 22.6 Å². The monoisotopic (exact) mass is 348 g/mol. The number of carbonyl (C=O) groups excluding carboxylic acids is 1. The fourth-order valence-corrected chi connectivity index (χ4v) is 1.89. The van der Waals surface area contributed by atoms with Gasteiger partial charge in [-0.05, 0) is 47.2 Å². The van der Waals surface area contributed by atoms with Gasteiger partial charge in [-0.15, -0.1) is 0 Å². The molecule has 0 heterocycles. The normalized spacial score (nSPS) is 13.8. The van der Waals surface area contributed by atoms with Crippen LogP contribution in [0, 0.1) is 3.57 Å². The lowest BCUT2D eigenvalue weighted by molar-refractivity contribution is -0.151. The largest absolute Gasteiger partial charge is 0.480 e. The molecule has 0 spiro atoms. The first-order chi connectivity index (χ1) is 7.86. The van der Waals surface area contributed by atoms with E-state index >= 15 is 0 Å². The molecule has 1 unspecified atom stereocenters. The fourth-order valence-electron chi connectivity index (χ4n) is 1.35. The van der Waals surface area contributed by atoms with E-state index in [1.807, 2.05) is 6.07 Å². The topological polar surface area (TPSA) is 63.6 Å². The number of halogens is 1. The van der Waals surface area contributed by atoms with Crippen molar-refractivity contribution in [3.63, 3.8) is 0 Å². The molecule has 0 amide bonds. The van der Waals surface area contributed by atoms with Crippen LogP contribution in [0.3, 0.4) is 0 Å². The van der Waals surface area contributed by atoms with Crippen molar-refractivity contribution < 1.29 is 19.4 Å². The zero-order chi connectivity index (χ0) is 13.1. The molecule has 0 aliphatic rings. The first-order valence-electron chi connectivity index (χ1n) is 4.99. The Bertz CT molecular complexity index is 444. The van der Waals surface area contributed by atoms with Gasteiger partial charge >= 0.3 is 11.9 Å². The maximum absolute atomic E-state index is 11.4. The van der Waals surface area contributed by atoms with E-state index in [-0.39, 0.29) is 6.61 Å². The molecule has 0 saturated carbocycles. The number of benzene rings is 1. The average Bonchev–Trinajstić information content (AvgIpc) is 2.25. The number of rotatable bonds is 4. The van der Waals surface area contributed by atoms with E-state index in [1.54, 1.807) is 25.1 Å². The second kappa shape index (κ2) is 5.48. The minimum absolute atomic E-state index is 0.169. The number of hydrogen-bond acceptors (Lipinski definition) is 3. The van der Waals surface area contributed by atoms with Crippen LogP contribution in [0.5, 0.6) is 0 Å². The Balaban J connectivity index is 3.07. The molecule has 0 radical (unpaired) electrons. The molecule has 4 nitrogen and oxygen atoms in total. The maximum atomic E-state index is 11.4. The summed E-state index contributed by atoms with van der Waals surface area (Å²) in [5.41, 5.74) is -0.592. The molecule has 1 rings (SSSR count). The van der Waals surface area contributed by atoms with Crippen LogP contribution in [0.1, 0.15) is 19.4 Å². The molecule has 1 N–H and O–H groups in total. The van der Waals surface area contributed by atoms with Gasteiger partial charge in [-0.1, -0.05) is 12.1 Å². The minimum Gasteiger partial charge on any atom is -0.480 e. The van der Waals surface area contributed by atoms with Gasteiger partial charge in [0, 0.05) is 10.5 Å². The third kappa shape index (κ3) is 3.42. The lowest BCUT2D eigenvalue weighted by atomic mass is 9.83. The molecule has 0 aliphatic carbocycles. The van der Waals surface area contributed by atoms with Gasteiger partial charge in [0.15, 0.2) is 0 Å². The van der Waals surface area contributed by atoms with Crippen LogP contribution in [0.2, 0.25) is 0 Å². The summed E-state index contributed by atoms with van der Waals surface area (Å²) in [5, 5.41) is 9.30. The number of ether oxygens (including phenoxy) is 1. The Morgan fingerprint density at radius 3 is 2.59 bits per heavy atom. The van der Waals surface area contributed by atoms with Crippen LogP contribution in [0.4, 0.5) is 0 Å². The predicted molar refractivity (Wildman–Crippen MR) is 70.8 cm³/mol. The smallest absolute Gasteiger partial charge is 0.317 e. The SMILES string of the molecule is CC(=O)OCC(C)(C(=O)O)c1cccc(I)c1. The molecule has 1 atom stereocenters. The van der Waals surface area contributed by atoms with Gasteiger partial charge in [0.1, 0.15) is 12.0 Å². The predicted octanol–water partition coefficient (Wildman–Crippen LogP) is 2.20. The van der Waals surface area contributed by atoms with Gasteiger partial charge in [0.2, 0.25) is 0 Å². The number of hydrogen-bond donors (Lipinski definition) is 1. The van der Waals surface area contributed by atoms with Crippen molar-refractivity contribution in [2.45, 2.75) is 19.3 Å². The summed E-state index contributed by atoms with van der Waals surface area (Å²) < 4.78 is 5.78. The maximum Gasteiger partial charge on any atom is 0.317 e. The van der Waals surface area contributed by atoms with E-state index in [9.17, 15) is 14.7 Å². The van der Waals surface area contributed by atoms with E-state index in [4.69, 9.17) is 4.74 Å². The van der Waals surface area contributed by atoms with Crippen molar-refractivity contribution in [1.82, 2.24) is 0 Å². The summed E-state index contributed by atoms with van der Waals surface area (Å²) in [6.45, 7) is 2.64. The van der Waals surface area contributed by atoms with Crippen LogP contribution in [-0.2, 0) is 19.7 Å². The number of aliphatic carboxylic acids is 1. The minimum atomic E-state index is -1.22. The van der Waals surface area contributed by atoms with Crippen molar-refractivity contribution in [3.8, 4) is 0 Å². The molecule has 0 saturated heterocycles. The number of esters is 1. The highest BCUT2D eigenvalue weighted by molar-refractivity contribution is 14.1. The molecule has 1 aromatic rings. The summed E-state index contributed by atoms with van der Waals surface area (Å²) >= 11 is 2.11. The Hall–Kier alpha value is -1.11. The number of carboxylic acids is 1. The second-order valence-electron chi connectivity index (χ2n) is 3.93. The lowest BCUT2D eigenvalue weighted by Crippen LogP contribution is -2.38. The van der Waals surface area contributed by atoms with Crippen LogP contribution >= 0.6 is 22.6 Å². The summed E-state index contributed by atoms with van der Waals surface area (Å²) in [4.78, 5) is 22.1. The second-order valence-corrected chi connectivity index (χ2v) is 5.17. The van der Waals surface area contributed by atoms with Crippen molar-refractivity contribution in [2.24, 2.45) is 0 Å². The van der Waals surface area contributed by atoms with Crippen LogP contribution < -0.4 is 0 Å². The molecule has 1 aromatic carbocycles. The summed E-state index contributed by atoms with van der Waals surface area (Å²) in [7, 11) is 0. The van der Waals surface area contributed by atoms with Crippen molar-refractivity contribution >= 4 is 34.5 Å². The molecule has 0 fully saturated rings. The molecule has 17 heavy (non-hydrogen) atoms. The summed E-state index contributed by atoms with van der Waals surface area (Å²) in [6.07, 6.45) is 0. The van der Waals surface area contributed by atoms with Crippen molar-refractivity contribution in [3.05, 3.63) is 33.4 Å². The molecule has 0 aliphatic heterocycles. The van der Waals surface area contributed by atoms with E-state index < -0.39 is 17.4 Å². The highest BCUT2D eigenvalue weighted by Gasteiger charge is 2.36. The zero-order valence-corrected chi connectivity index (χ0v) is 11.7. The number of carboxylic acid groups (broad SMARTS) is 1. The van der Waals surface area contributed by atoms with E-state index in [1.165, 1.54) is 6.92 Å². The summed E-state index contributed by atoms with van der Waals surface area (Å²) in [6, 6.07) is 7.15. The zero-order valence-electron chi connectivity index (χ0n) is 9.57. The Morgan fingerprint density at radius 1 is 1.47 bits per heavy atom. The third-order valence-electron chi connectivity index (χ3n) is 2.50. The van der Waals surface area contributed by atoms with Gasteiger partial charge in [-0.25, -0.2) is 0 Å². The lowest BCUT2D eigenvalue weighted by Gasteiger charge is -2.24. The first kappa shape index (κ1) is 14.0. The van der Waals surface area contributed by atoms with Gasteiger partial charge in [0.25, 0.3) is 0 Å². The van der Waals surface area contributed by atoms with E-state index in [0.717, 1.165) is 3.57 Å². The molecule has 92 valence electrons. The fraction of sp³-hybridized carbons (Fsp3) is 0.333. The standard InChI is InChI=1S/C12H13IO4/c1-8(14)17-7-12(2,11(15)16)9-4-3-5-10(13)6-9/h3-6H,7H2,1-2H3,(H,15,16). The number of carbonyl (C=O) groups is 2. The van der Waals surface area contributed by atoms with Crippen molar-refractivity contribution in [2.75, 3.05) is 6.61 Å². The van der Waals surface area contributed by atoms with Crippen LogP contribution in [0.25, 0.3) is 0 Å². The highest BCUT2D eigenvalue weighted by Crippen LogP contribution is 2.26. The molecule has 0 aromatic heterocycles.